The highest BCUT2D eigenvalue weighted by Gasteiger charge is 2.30. The lowest BCUT2D eigenvalue weighted by Crippen LogP contribution is -2.52. The molecule has 6 heteroatoms. The number of likely N-dealkylation sites (N-methyl/N-ethyl adjacent to an activating group) is 3. The van der Waals surface area contributed by atoms with E-state index in [-0.39, 0.29) is 18.5 Å². The fourth-order valence-corrected chi connectivity index (χ4v) is 2.96. The van der Waals surface area contributed by atoms with Crippen molar-refractivity contribution in [3.05, 3.63) is 0 Å². The summed E-state index contributed by atoms with van der Waals surface area (Å²) in [6.45, 7) is 5.79. The van der Waals surface area contributed by atoms with Crippen molar-refractivity contribution in [3.63, 3.8) is 0 Å². The maximum Gasteiger partial charge on any atom is 0.389 e. The van der Waals surface area contributed by atoms with Gasteiger partial charge in [-0.2, -0.15) is 13.2 Å². The molecule has 1 aliphatic heterocycles. The summed E-state index contributed by atoms with van der Waals surface area (Å²) < 4.78 is 36.9. The Balaban J connectivity index is 2.57. The molecule has 1 saturated heterocycles. The van der Waals surface area contributed by atoms with Crippen LogP contribution in [-0.2, 0) is 0 Å². The average Bonchev–Trinajstić information content (AvgIpc) is 2.49. The third kappa shape index (κ3) is 6.41. The minimum Gasteiger partial charge on any atom is -0.313 e. The van der Waals surface area contributed by atoms with Crippen molar-refractivity contribution in [1.82, 2.24) is 15.1 Å². The third-order valence-electron chi connectivity index (χ3n) is 4.02. The maximum atomic E-state index is 12.3. The van der Waals surface area contributed by atoms with Crippen LogP contribution >= 0.6 is 0 Å². The summed E-state index contributed by atoms with van der Waals surface area (Å²) in [4.78, 5) is 4.58. The van der Waals surface area contributed by atoms with Crippen molar-refractivity contribution in [2.45, 2.75) is 50.9 Å². The van der Waals surface area contributed by atoms with Gasteiger partial charge in [0.15, 0.2) is 0 Å². The van der Waals surface area contributed by atoms with Crippen LogP contribution in [0.2, 0.25) is 0 Å². The highest BCUT2D eigenvalue weighted by Crippen LogP contribution is 2.24. The monoisotopic (exact) mass is 295 g/mol. The molecule has 2 unspecified atom stereocenters. The van der Waals surface area contributed by atoms with E-state index in [0.29, 0.717) is 6.42 Å². The van der Waals surface area contributed by atoms with Gasteiger partial charge >= 0.3 is 6.18 Å². The Bertz CT molecular complexity index is 271. The van der Waals surface area contributed by atoms with Gasteiger partial charge in [-0.1, -0.05) is 6.92 Å². The molecule has 0 aromatic carbocycles. The first-order valence-electron chi connectivity index (χ1n) is 7.52. The van der Waals surface area contributed by atoms with Crippen LogP contribution in [0.4, 0.5) is 13.2 Å². The van der Waals surface area contributed by atoms with Gasteiger partial charge < -0.3 is 15.1 Å². The van der Waals surface area contributed by atoms with Crippen LogP contribution in [0.3, 0.4) is 0 Å². The fourth-order valence-electron chi connectivity index (χ4n) is 2.96. The zero-order valence-corrected chi connectivity index (χ0v) is 12.8. The highest BCUT2D eigenvalue weighted by molar-refractivity contribution is 4.87. The maximum absolute atomic E-state index is 12.3. The van der Waals surface area contributed by atoms with Gasteiger partial charge in [0.05, 0.1) is 0 Å². The fraction of sp³-hybridized carbons (Fsp3) is 1.00. The summed E-state index contributed by atoms with van der Waals surface area (Å²) in [6, 6.07) is 0.420. The van der Waals surface area contributed by atoms with Gasteiger partial charge in [0, 0.05) is 25.0 Å². The predicted octanol–water partition coefficient (Wildman–Crippen LogP) is 2.33. The normalized spacial score (nSPS) is 24.6. The lowest BCUT2D eigenvalue weighted by Gasteiger charge is -2.35. The topological polar surface area (TPSA) is 18.5 Å². The van der Waals surface area contributed by atoms with E-state index in [0.717, 1.165) is 32.6 Å². The van der Waals surface area contributed by atoms with Crippen LogP contribution in [-0.4, -0.2) is 68.3 Å². The van der Waals surface area contributed by atoms with Crippen LogP contribution in [0.5, 0.6) is 0 Å². The number of alkyl halides is 3. The molecule has 1 rings (SSSR count). The number of halogens is 3. The molecule has 0 spiro atoms. The van der Waals surface area contributed by atoms with Crippen molar-refractivity contribution in [2.24, 2.45) is 0 Å². The first-order chi connectivity index (χ1) is 9.33. The van der Waals surface area contributed by atoms with Gasteiger partial charge in [-0.05, 0) is 53.0 Å². The lowest BCUT2D eigenvalue weighted by molar-refractivity contribution is -0.136. The van der Waals surface area contributed by atoms with Crippen molar-refractivity contribution in [3.8, 4) is 0 Å². The molecule has 0 aliphatic carbocycles. The summed E-state index contributed by atoms with van der Waals surface area (Å²) in [6.07, 6.45) is -2.82. The molecule has 0 aromatic rings. The molecular weight excluding hydrogens is 267 g/mol. The average molecular weight is 295 g/mol. The Morgan fingerprint density at radius 1 is 1.25 bits per heavy atom. The lowest BCUT2D eigenvalue weighted by atomic mass is 10.00. The number of nitrogens with one attached hydrogen (secondary N) is 1. The molecule has 1 fully saturated rings. The van der Waals surface area contributed by atoms with Crippen LogP contribution in [0, 0.1) is 0 Å². The molecule has 3 nitrogen and oxygen atoms in total. The zero-order chi connectivity index (χ0) is 15.2. The van der Waals surface area contributed by atoms with Gasteiger partial charge in [-0.15, -0.1) is 0 Å². The Labute approximate surface area is 120 Å². The first kappa shape index (κ1) is 17.7. The van der Waals surface area contributed by atoms with Crippen LogP contribution in [0.15, 0.2) is 0 Å². The molecule has 0 saturated carbocycles. The van der Waals surface area contributed by atoms with E-state index in [1.807, 2.05) is 6.92 Å². The standard InChI is InChI=1S/C14H28F3N3/c1-4-18-12(7-5-8-14(15,16)17)13-11-19(2)9-6-10-20(13)3/h12-13,18H,4-11H2,1-3H3. The van der Waals surface area contributed by atoms with Gasteiger partial charge in [0.25, 0.3) is 0 Å². The van der Waals surface area contributed by atoms with Crippen molar-refractivity contribution >= 4 is 0 Å². The van der Waals surface area contributed by atoms with E-state index in [1.54, 1.807) is 0 Å². The minimum absolute atomic E-state index is 0.132. The number of nitrogens with zero attached hydrogens (tertiary/aromatic N) is 2. The second-order valence-corrected chi connectivity index (χ2v) is 5.84. The van der Waals surface area contributed by atoms with E-state index in [2.05, 4.69) is 29.2 Å². The molecule has 0 amide bonds. The Hall–Kier alpha value is -0.330. The summed E-state index contributed by atoms with van der Waals surface area (Å²) in [5.41, 5.74) is 0. The van der Waals surface area contributed by atoms with Gasteiger partial charge in [0.1, 0.15) is 0 Å². The largest absolute Gasteiger partial charge is 0.389 e. The summed E-state index contributed by atoms with van der Waals surface area (Å²) in [7, 11) is 4.17. The van der Waals surface area contributed by atoms with Crippen molar-refractivity contribution in [1.29, 1.82) is 0 Å². The van der Waals surface area contributed by atoms with Crippen LogP contribution < -0.4 is 5.32 Å². The quantitative estimate of drug-likeness (QED) is 0.811. The number of hydrogen-bond acceptors (Lipinski definition) is 3. The van der Waals surface area contributed by atoms with Gasteiger partial charge in [-0.25, -0.2) is 0 Å². The zero-order valence-electron chi connectivity index (χ0n) is 12.8. The minimum atomic E-state index is -4.04. The molecule has 0 bridgehead atoms. The van der Waals surface area contributed by atoms with Crippen LogP contribution in [0.25, 0.3) is 0 Å². The molecule has 2 atom stereocenters. The highest BCUT2D eigenvalue weighted by atomic mass is 19.4. The molecule has 0 aromatic heterocycles. The van der Waals surface area contributed by atoms with Crippen molar-refractivity contribution < 1.29 is 13.2 Å². The first-order valence-corrected chi connectivity index (χ1v) is 7.52. The van der Waals surface area contributed by atoms with E-state index in [9.17, 15) is 13.2 Å². The summed E-state index contributed by atoms with van der Waals surface area (Å²) >= 11 is 0. The van der Waals surface area contributed by atoms with E-state index in [1.165, 1.54) is 0 Å². The predicted molar refractivity (Wildman–Crippen MR) is 75.9 cm³/mol. The molecule has 1 aliphatic rings. The van der Waals surface area contributed by atoms with E-state index >= 15 is 0 Å². The molecule has 20 heavy (non-hydrogen) atoms. The smallest absolute Gasteiger partial charge is 0.313 e. The second kappa shape index (κ2) is 8.20. The Morgan fingerprint density at radius 3 is 2.55 bits per heavy atom. The SMILES string of the molecule is CCNC(CCCC(F)(F)F)C1CN(C)CCCN1C. The van der Waals surface area contributed by atoms with Crippen molar-refractivity contribution in [2.75, 3.05) is 40.3 Å². The van der Waals surface area contributed by atoms with Gasteiger partial charge in [-0.3, -0.25) is 0 Å². The molecule has 1 N–H and O–H groups in total. The Kier molecular flexibility index (Phi) is 7.26. The second-order valence-electron chi connectivity index (χ2n) is 5.84. The molecular formula is C14H28F3N3. The van der Waals surface area contributed by atoms with E-state index < -0.39 is 12.6 Å². The Morgan fingerprint density at radius 2 is 1.95 bits per heavy atom. The van der Waals surface area contributed by atoms with E-state index in [4.69, 9.17) is 0 Å². The summed E-state index contributed by atoms with van der Waals surface area (Å²) in [5.74, 6) is 0. The molecule has 1 heterocycles. The number of hydrogen-bond donors (Lipinski definition) is 1. The third-order valence-corrected chi connectivity index (χ3v) is 4.02. The van der Waals surface area contributed by atoms with Crippen LogP contribution in [0.1, 0.15) is 32.6 Å². The molecule has 0 radical (unpaired) electrons. The van der Waals surface area contributed by atoms with Gasteiger partial charge in [0.2, 0.25) is 0 Å². The molecule has 120 valence electrons. The number of rotatable bonds is 6. The summed E-state index contributed by atoms with van der Waals surface area (Å²) in [5, 5.41) is 3.38.